The third-order valence-electron chi connectivity index (χ3n) is 3.64. The third kappa shape index (κ3) is 3.27. The van der Waals surface area contributed by atoms with E-state index < -0.39 is 6.10 Å². The van der Waals surface area contributed by atoms with E-state index >= 15 is 0 Å². The van der Waals surface area contributed by atoms with Crippen LogP contribution in [0.3, 0.4) is 0 Å². The SMILES string of the molecule is Cc1ccc(F)cc1CC(O)c1c(C(C)C)nn(C)c1Cl. The summed E-state index contributed by atoms with van der Waals surface area (Å²) in [7, 11) is 1.75. The van der Waals surface area contributed by atoms with E-state index in [9.17, 15) is 9.50 Å². The predicted octanol–water partition coefficient (Wildman–Crippen LogP) is 3.92. The maximum absolute atomic E-state index is 13.4. The molecule has 3 nitrogen and oxygen atoms in total. The smallest absolute Gasteiger partial charge is 0.132 e. The summed E-state index contributed by atoms with van der Waals surface area (Å²) in [6.45, 7) is 5.90. The highest BCUT2D eigenvalue weighted by molar-refractivity contribution is 6.30. The molecule has 0 fully saturated rings. The highest BCUT2D eigenvalue weighted by Gasteiger charge is 2.24. The Morgan fingerprint density at radius 1 is 1.38 bits per heavy atom. The third-order valence-corrected chi connectivity index (χ3v) is 4.09. The van der Waals surface area contributed by atoms with Crippen molar-refractivity contribution in [3.05, 3.63) is 51.6 Å². The highest BCUT2D eigenvalue weighted by Crippen LogP contribution is 2.33. The van der Waals surface area contributed by atoms with Gasteiger partial charge in [0.05, 0.1) is 11.8 Å². The molecule has 0 saturated carbocycles. The topological polar surface area (TPSA) is 38.1 Å². The number of benzene rings is 1. The van der Waals surface area contributed by atoms with E-state index in [2.05, 4.69) is 5.10 Å². The summed E-state index contributed by atoms with van der Waals surface area (Å²) in [5, 5.41) is 15.3. The molecule has 0 aliphatic rings. The molecule has 114 valence electrons. The Hall–Kier alpha value is -1.39. The summed E-state index contributed by atoms with van der Waals surface area (Å²) in [6, 6.07) is 4.59. The summed E-state index contributed by atoms with van der Waals surface area (Å²) in [5.74, 6) is -0.147. The van der Waals surface area contributed by atoms with Crippen molar-refractivity contribution in [2.75, 3.05) is 0 Å². The van der Waals surface area contributed by atoms with E-state index in [1.807, 2.05) is 20.8 Å². The molecule has 0 aliphatic carbocycles. The molecule has 1 heterocycles. The molecule has 2 aromatic rings. The summed E-state index contributed by atoms with van der Waals surface area (Å²) in [4.78, 5) is 0. The summed E-state index contributed by atoms with van der Waals surface area (Å²) in [5.41, 5.74) is 3.14. The lowest BCUT2D eigenvalue weighted by Gasteiger charge is -2.15. The number of nitrogens with zero attached hydrogens (tertiary/aromatic N) is 2. The van der Waals surface area contributed by atoms with Crippen LogP contribution in [0.15, 0.2) is 18.2 Å². The van der Waals surface area contributed by atoms with Crippen LogP contribution >= 0.6 is 11.6 Å². The van der Waals surface area contributed by atoms with Crippen molar-refractivity contribution in [3.8, 4) is 0 Å². The van der Waals surface area contributed by atoms with Crippen molar-refractivity contribution < 1.29 is 9.50 Å². The lowest BCUT2D eigenvalue weighted by Crippen LogP contribution is -2.07. The number of aromatic nitrogens is 2. The van der Waals surface area contributed by atoms with E-state index in [1.165, 1.54) is 12.1 Å². The van der Waals surface area contributed by atoms with E-state index in [-0.39, 0.29) is 11.7 Å². The van der Waals surface area contributed by atoms with Crippen LogP contribution in [-0.4, -0.2) is 14.9 Å². The first-order valence-electron chi connectivity index (χ1n) is 6.96. The van der Waals surface area contributed by atoms with Crippen molar-refractivity contribution >= 4 is 11.6 Å². The highest BCUT2D eigenvalue weighted by atomic mass is 35.5. The van der Waals surface area contributed by atoms with Gasteiger partial charge in [0.2, 0.25) is 0 Å². The molecule has 0 amide bonds. The number of aliphatic hydroxyl groups excluding tert-OH is 1. The lowest BCUT2D eigenvalue weighted by molar-refractivity contribution is 0.177. The minimum absolute atomic E-state index is 0.155. The van der Waals surface area contributed by atoms with Gasteiger partial charge in [-0.1, -0.05) is 31.5 Å². The van der Waals surface area contributed by atoms with Crippen LogP contribution in [-0.2, 0) is 13.5 Å². The number of aryl methyl sites for hydroxylation is 2. The number of hydrogen-bond acceptors (Lipinski definition) is 2. The zero-order valence-electron chi connectivity index (χ0n) is 12.7. The zero-order valence-corrected chi connectivity index (χ0v) is 13.4. The molecule has 0 saturated heterocycles. The fraction of sp³-hybridized carbons (Fsp3) is 0.438. The molecular weight excluding hydrogens is 291 g/mol. The molecule has 1 aromatic carbocycles. The van der Waals surface area contributed by atoms with Gasteiger partial charge in [-0.05, 0) is 36.1 Å². The maximum atomic E-state index is 13.4. The Labute approximate surface area is 129 Å². The van der Waals surface area contributed by atoms with Gasteiger partial charge in [-0.25, -0.2) is 4.39 Å². The average molecular weight is 311 g/mol. The second kappa shape index (κ2) is 6.16. The van der Waals surface area contributed by atoms with Crippen molar-refractivity contribution in [1.82, 2.24) is 9.78 Å². The molecule has 0 bridgehead atoms. The average Bonchev–Trinajstić information content (AvgIpc) is 2.70. The quantitative estimate of drug-likeness (QED) is 0.929. The number of aliphatic hydroxyl groups is 1. The van der Waals surface area contributed by atoms with E-state index in [0.29, 0.717) is 17.1 Å². The van der Waals surface area contributed by atoms with Crippen LogP contribution in [0.4, 0.5) is 4.39 Å². The largest absolute Gasteiger partial charge is 0.388 e. The molecule has 1 aromatic heterocycles. The number of halogens is 2. The van der Waals surface area contributed by atoms with Crippen LogP contribution in [0.5, 0.6) is 0 Å². The van der Waals surface area contributed by atoms with Gasteiger partial charge in [0.25, 0.3) is 0 Å². The minimum Gasteiger partial charge on any atom is -0.388 e. The van der Waals surface area contributed by atoms with E-state index in [0.717, 1.165) is 16.8 Å². The molecule has 1 unspecified atom stereocenters. The van der Waals surface area contributed by atoms with Gasteiger partial charge in [0.1, 0.15) is 11.0 Å². The molecule has 21 heavy (non-hydrogen) atoms. The Balaban J connectivity index is 2.36. The van der Waals surface area contributed by atoms with Crippen molar-refractivity contribution in [1.29, 1.82) is 0 Å². The molecule has 5 heteroatoms. The van der Waals surface area contributed by atoms with Gasteiger partial charge in [-0.15, -0.1) is 0 Å². The number of hydrogen-bond donors (Lipinski definition) is 1. The van der Waals surface area contributed by atoms with E-state index in [1.54, 1.807) is 17.8 Å². The van der Waals surface area contributed by atoms with Gasteiger partial charge in [-0.3, -0.25) is 4.68 Å². The van der Waals surface area contributed by atoms with Crippen molar-refractivity contribution in [2.24, 2.45) is 7.05 Å². The van der Waals surface area contributed by atoms with Crippen LogP contribution in [0, 0.1) is 12.7 Å². The van der Waals surface area contributed by atoms with Crippen molar-refractivity contribution in [2.45, 2.75) is 39.2 Å². The summed E-state index contributed by atoms with van der Waals surface area (Å²) >= 11 is 6.26. The fourth-order valence-corrected chi connectivity index (χ4v) is 2.70. The van der Waals surface area contributed by atoms with Crippen LogP contribution in [0.1, 0.15) is 48.3 Å². The molecule has 1 N–H and O–H groups in total. The summed E-state index contributed by atoms with van der Waals surface area (Å²) < 4.78 is 14.9. The normalized spacial score (nSPS) is 13.0. The molecule has 2 rings (SSSR count). The maximum Gasteiger partial charge on any atom is 0.132 e. The Morgan fingerprint density at radius 3 is 2.67 bits per heavy atom. The molecular formula is C16H20ClFN2O. The Kier molecular flexibility index (Phi) is 4.69. The second-order valence-electron chi connectivity index (χ2n) is 5.66. The predicted molar refractivity (Wildman–Crippen MR) is 82.1 cm³/mol. The Morgan fingerprint density at radius 2 is 2.05 bits per heavy atom. The van der Waals surface area contributed by atoms with Crippen LogP contribution < -0.4 is 0 Å². The fourth-order valence-electron chi connectivity index (χ4n) is 2.44. The first-order chi connectivity index (χ1) is 9.81. The molecule has 1 atom stereocenters. The van der Waals surface area contributed by atoms with Gasteiger partial charge in [0, 0.05) is 19.0 Å². The molecule has 0 spiro atoms. The van der Waals surface area contributed by atoms with Gasteiger partial charge in [0.15, 0.2) is 0 Å². The van der Waals surface area contributed by atoms with Gasteiger partial charge >= 0.3 is 0 Å². The molecule has 0 aliphatic heterocycles. The van der Waals surface area contributed by atoms with Crippen molar-refractivity contribution in [3.63, 3.8) is 0 Å². The monoisotopic (exact) mass is 310 g/mol. The standard InChI is InChI=1S/C16H20ClFN2O/c1-9(2)15-14(16(17)20(4)19-15)13(21)8-11-7-12(18)6-5-10(11)3/h5-7,9,13,21H,8H2,1-4H3. The first kappa shape index (κ1) is 16.0. The van der Waals surface area contributed by atoms with Gasteiger partial charge < -0.3 is 5.11 Å². The van der Waals surface area contributed by atoms with Gasteiger partial charge in [-0.2, -0.15) is 5.10 Å². The van der Waals surface area contributed by atoms with Crippen LogP contribution in [0.2, 0.25) is 5.15 Å². The lowest BCUT2D eigenvalue weighted by atomic mass is 9.95. The summed E-state index contributed by atoms with van der Waals surface area (Å²) in [6.07, 6.45) is -0.488. The zero-order chi connectivity index (χ0) is 15.7. The second-order valence-corrected chi connectivity index (χ2v) is 6.02. The van der Waals surface area contributed by atoms with Crippen LogP contribution in [0.25, 0.3) is 0 Å². The molecule has 0 radical (unpaired) electrons. The first-order valence-corrected chi connectivity index (χ1v) is 7.34. The Bertz CT molecular complexity index is 652. The van der Waals surface area contributed by atoms with E-state index in [4.69, 9.17) is 11.6 Å². The number of rotatable bonds is 4. The minimum atomic E-state index is -0.802.